The zero-order valence-electron chi connectivity index (χ0n) is 9.34. The standard InChI is InChI=1S/C12H16Cl2N2/c1-16(8-12(7-15)4-5-12)9-2-3-10(13)11(14)6-9/h2-3,6H,4-5,7-8,15H2,1H3. The molecule has 0 aliphatic heterocycles. The lowest BCUT2D eigenvalue weighted by Gasteiger charge is -2.25. The van der Waals surface area contributed by atoms with E-state index in [-0.39, 0.29) is 0 Å². The number of hydrogen-bond donors (Lipinski definition) is 1. The topological polar surface area (TPSA) is 29.3 Å². The second-order valence-corrected chi connectivity index (χ2v) is 5.47. The van der Waals surface area contributed by atoms with Gasteiger partial charge in [0.1, 0.15) is 0 Å². The maximum Gasteiger partial charge on any atom is 0.0612 e. The lowest BCUT2D eigenvalue weighted by Crippen LogP contribution is -2.31. The highest BCUT2D eigenvalue weighted by Crippen LogP contribution is 2.45. The van der Waals surface area contributed by atoms with Crippen LogP contribution < -0.4 is 10.6 Å². The number of nitrogens with two attached hydrogens (primary N) is 1. The summed E-state index contributed by atoms with van der Waals surface area (Å²) >= 11 is 11.9. The molecule has 0 aromatic heterocycles. The number of rotatable bonds is 4. The average Bonchev–Trinajstić information content (AvgIpc) is 3.02. The molecule has 0 spiro atoms. The van der Waals surface area contributed by atoms with Gasteiger partial charge in [0.05, 0.1) is 10.0 Å². The van der Waals surface area contributed by atoms with Gasteiger partial charge in [0, 0.05) is 24.7 Å². The first-order valence-corrected chi connectivity index (χ1v) is 6.18. The second kappa shape index (κ2) is 4.44. The molecule has 2 rings (SSSR count). The van der Waals surface area contributed by atoms with Gasteiger partial charge in [-0.25, -0.2) is 0 Å². The number of nitrogens with zero attached hydrogens (tertiary/aromatic N) is 1. The van der Waals surface area contributed by atoms with Crippen LogP contribution >= 0.6 is 23.2 Å². The summed E-state index contributed by atoms with van der Waals surface area (Å²) in [6, 6.07) is 5.72. The van der Waals surface area contributed by atoms with Crippen LogP contribution in [-0.4, -0.2) is 20.1 Å². The maximum absolute atomic E-state index is 6.00. The highest BCUT2D eigenvalue weighted by atomic mass is 35.5. The smallest absolute Gasteiger partial charge is 0.0612 e. The molecular formula is C12H16Cl2N2. The fourth-order valence-electron chi connectivity index (χ4n) is 1.92. The Labute approximate surface area is 106 Å². The van der Waals surface area contributed by atoms with Gasteiger partial charge in [-0.2, -0.15) is 0 Å². The third-order valence-electron chi connectivity index (χ3n) is 3.31. The predicted molar refractivity (Wildman–Crippen MR) is 70.5 cm³/mol. The van der Waals surface area contributed by atoms with Gasteiger partial charge in [0.25, 0.3) is 0 Å². The van der Waals surface area contributed by atoms with Crippen molar-refractivity contribution in [1.29, 1.82) is 0 Å². The number of anilines is 1. The molecule has 1 aromatic rings. The van der Waals surface area contributed by atoms with E-state index in [0.717, 1.165) is 18.8 Å². The molecule has 0 unspecified atom stereocenters. The normalized spacial score (nSPS) is 17.2. The molecule has 0 saturated heterocycles. The molecule has 0 amide bonds. The van der Waals surface area contributed by atoms with Crippen LogP contribution in [0.4, 0.5) is 5.69 Å². The monoisotopic (exact) mass is 258 g/mol. The van der Waals surface area contributed by atoms with Crippen molar-refractivity contribution >= 4 is 28.9 Å². The first-order chi connectivity index (χ1) is 7.56. The van der Waals surface area contributed by atoms with Crippen LogP contribution in [0.1, 0.15) is 12.8 Å². The number of halogens is 2. The van der Waals surface area contributed by atoms with Crippen molar-refractivity contribution in [2.24, 2.45) is 11.1 Å². The second-order valence-electron chi connectivity index (χ2n) is 4.66. The fourth-order valence-corrected chi connectivity index (χ4v) is 2.21. The van der Waals surface area contributed by atoms with E-state index in [4.69, 9.17) is 28.9 Å². The molecule has 0 bridgehead atoms. The van der Waals surface area contributed by atoms with E-state index < -0.39 is 0 Å². The summed E-state index contributed by atoms with van der Waals surface area (Å²) < 4.78 is 0. The minimum Gasteiger partial charge on any atom is -0.374 e. The van der Waals surface area contributed by atoms with E-state index in [1.807, 2.05) is 18.2 Å². The third-order valence-corrected chi connectivity index (χ3v) is 4.05. The van der Waals surface area contributed by atoms with Gasteiger partial charge in [-0.1, -0.05) is 23.2 Å². The van der Waals surface area contributed by atoms with Crippen LogP contribution in [0, 0.1) is 5.41 Å². The van der Waals surface area contributed by atoms with Gasteiger partial charge in [0.15, 0.2) is 0 Å². The van der Waals surface area contributed by atoms with Crippen LogP contribution in [0.5, 0.6) is 0 Å². The Kier molecular flexibility index (Phi) is 3.34. The van der Waals surface area contributed by atoms with Gasteiger partial charge >= 0.3 is 0 Å². The molecule has 2 nitrogen and oxygen atoms in total. The summed E-state index contributed by atoms with van der Waals surface area (Å²) in [6.07, 6.45) is 2.46. The van der Waals surface area contributed by atoms with Crippen LogP contribution in [0.25, 0.3) is 0 Å². The molecule has 0 atom stereocenters. The molecule has 1 aromatic carbocycles. The summed E-state index contributed by atoms with van der Waals surface area (Å²) in [6.45, 7) is 1.75. The maximum atomic E-state index is 6.00. The van der Waals surface area contributed by atoms with Crippen LogP contribution in [0.3, 0.4) is 0 Å². The van der Waals surface area contributed by atoms with Crippen molar-refractivity contribution < 1.29 is 0 Å². The van der Waals surface area contributed by atoms with Crippen molar-refractivity contribution in [1.82, 2.24) is 0 Å². The Morgan fingerprint density at radius 3 is 2.50 bits per heavy atom. The average molecular weight is 259 g/mol. The van der Waals surface area contributed by atoms with Crippen molar-refractivity contribution in [3.63, 3.8) is 0 Å². The zero-order valence-corrected chi connectivity index (χ0v) is 10.9. The number of hydrogen-bond acceptors (Lipinski definition) is 2. The molecule has 1 aliphatic rings. The van der Waals surface area contributed by atoms with Gasteiger partial charge in [-0.05, 0) is 37.6 Å². The molecule has 16 heavy (non-hydrogen) atoms. The Balaban J connectivity index is 2.09. The molecular weight excluding hydrogens is 243 g/mol. The SMILES string of the molecule is CN(CC1(CN)CC1)c1ccc(Cl)c(Cl)c1. The molecule has 1 aliphatic carbocycles. The zero-order chi connectivity index (χ0) is 11.8. The molecule has 0 heterocycles. The lowest BCUT2D eigenvalue weighted by atomic mass is 10.1. The van der Waals surface area contributed by atoms with Crippen molar-refractivity contribution in [3.8, 4) is 0 Å². The Bertz CT molecular complexity index is 389. The Morgan fingerprint density at radius 1 is 1.31 bits per heavy atom. The van der Waals surface area contributed by atoms with E-state index in [1.165, 1.54) is 12.8 Å². The molecule has 1 saturated carbocycles. The van der Waals surface area contributed by atoms with Crippen LogP contribution in [0.2, 0.25) is 10.0 Å². The van der Waals surface area contributed by atoms with E-state index in [2.05, 4.69) is 11.9 Å². The summed E-state index contributed by atoms with van der Waals surface area (Å²) in [4.78, 5) is 2.20. The summed E-state index contributed by atoms with van der Waals surface area (Å²) in [5, 5.41) is 1.20. The Hall–Kier alpha value is -0.440. The minimum atomic E-state index is 0.334. The van der Waals surface area contributed by atoms with Gasteiger partial charge < -0.3 is 10.6 Å². The first kappa shape index (κ1) is 12.0. The van der Waals surface area contributed by atoms with E-state index in [1.54, 1.807) is 0 Å². The van der Waals surface area contributed by atoms with Crippen molar-refractivity contribution in [3.05, 3.63) is 28.2 Å². The van der Waals surface area contributed by atoms with E-state index in [0.29, 0.717) is 15.5 Å². The lowest BCUT2D eigenvalue weighted by molar-refractivity contribution is 0.523. The molecule has 2 N–H and O–H groups in total. The van der Waals surface area contributed by atoms with Crippen LogP contribution in [-0.2, 0) is 0 Å². The third kappa shape index (κ3) is 2.45. The minimum absolute atomic E-state index is 0.334. The van der Waals surface area contributed by atoms with Crippen molar-refractivity contribution in [2.45, 2.75) is 12.8 Å². The van der Waals surface area contributed by atoms with Crippen molar-refractivity contribution in [2.75, 3.05) is 25.0 Å². The van der Waals surface area contributed by atoms with Crippen LogP contribution in [0.15, 0.2) is 18.2 Å². The summed E-state index contributed by atoms with van der Waals surface area (Å²) in [5.41, 5.74) is 7.20. The first-order valence-electron chi connectivity index (χ1n) is 5.43. The summed E-state index contributed by atoms with van der Waals surface area (Å²) in [7, 11) is 2.06. The number of benzene rings is 1. The quantitative estimate of drug-likeness (QED) is 0.899. The largest absolute Gasteiger partial charge is 0.374 e. The highest BCUT2D eigenvalue weighted by molar-refractivity contribution is 6.42. The molecule has 4 heteroatoms. The molecule has 88 valence electrons. The predicted octanol–water partition coefficient (Wildman–Crippen LogP) is 3.17. The van der Waals surface area contributed by atoms with Gasteiger partial charge in [-0.3, -0.25) is 0 Å². The fraction of sp³-hybridized carbons (Fsp3) is 0.500. The van der Waals surface area contributed by atoms with Gasteiger partial charge in [0.2, 0.25) is 0 Å². The van der Waals surface area contributed by atoms with E-state index >= 15 is 0 Å². The van der Waals surface area contributed by atoms with E-state index in [9.17, 15) is 0 Å². The summed E-state index contributed by atoms with van der Waals surface area (Å²) in [5.74, 6) is 0. The Morgan fingerprint density at radius 2 is 2.00 bits per heavy atom. The molecule has 1 fully saturated rings. The molecule has 0 radical (unpaired) electrons. The van der Waals surface area contributed by atoms with Gasteiger partial charge in [-0.15, -0.1) is 0 Å². The highest BCUT2D eigenvalue weighted by Gasteiger charge is 2.42.